The lowest BCUT2D eigenvalue weighted by molar-refractivity contribution is -0.141. The van der Waals surface area contributed by atoms with E-state index in [1.807, 2.05) is 0 Å². The Kier molecular flexibility index (Phi) is 7.27. The smallest absolute Gasteiger partial charge is 0.308 e. The van der Waals surface area contributed by atoms with Crippen LogP contribution in [0, 0.1) is 5.92 Å². The van der Waals surface area contributed by atoms with E-state index in [1.54, 1.807) is 13.0 Å². The molecular formula is C10H18N2O3. The van der Waals surface area contributed by atoms with Crippen molar-refractivity contribution in [3.05, 3.63) is 12.7 Å². The van der Waals surface area contributed by atoms with Crippen LogP contribution in [0.4, 0.5) is 0 Å². The minimum absolute atomic E-state index is 0.181. The highest BCUT2D eigenvalue weighted by Crippen LogP contribution is 1.99. The Morgan fingerprint density at radius 2 is 2.20 bits per heavy atom. The van der Waals surface area contributed by atoms with Gasteiger partial charge in [0, 0.05) is 13.1 Å². The molecule has 0 saturated heterocycles. The van der Waals surface area contributed by atoms with Gasteiger partial charge in [0.25, 0.3) is 0 Å². The molecule has 0 aliphatic rings. The lowest BCUT2D eigenvalue weighted by Gasteiger charge is -2.10. The molecule has 0 saturated carbocycles. The van der Waals surface area contributed by atoms with Crippen LogP contribution in [-0.2, 0) is 9.59 Å². The van der Waals surface area contributed by atoms with Crippen molar-refractivity contribution >= 4 is 11.9 Å². The van der Waals surface area contributed by atoms with Crippen LogP contribution in [0.15, 0.2) is 12.7 Å². The van der Waals surface area contributed by atoms with Gasteiger partial charge in [-0.25, -0.2) is 0 Å². The van der Waals surface area contributed by atoms with E-state index in [0.717, 1.165) is 0 Å². The van der Waals surface area contributed by atoms with E-state index < -0.39 is 11.9 Å². The molecule has 86 valence electrons. The van der Waals surface area contributed by atoms with Gasteiger partial charge in [-0.05, 0) is 6.42 Å². The average molecular weight is 214 g/mol. The minimum atomic E-state index is -0.878. The summed E-state index contributed by atoms with van der Waals surface area (Å²) in [5.41, 5.74) is 0. The van der Waals surface area contributed by atoms with E-state index in [2.05, 4.69) is 17.2 Å². The maximum absolute atomic E-state index is 11.2. The summed E-state index contributed by atoms with van der Waals surface area (Å²) in [4.78, 5) is 21.8. The zero-order valence-corrected chi connectivity index (χ0v) is 8.95. The molecule has 3 N–H and O–H groups in total. The number of carbonyl (C=O) groups excluding carboxylic acids is 1. The van der Waals surface area contributed by atoms with E-state index in [9.17, 15) is 9.59 Å². The summed E-state index contributed by atoms with van der Waals surface area (Å²) >= 11 is 0. The number of amides is 1. The Morgan fingerprint density at radius 1 is 1.53 bits per heavy atom. The lowest BCUT2D eigenvalue weighted by Crippen LogP contribution is -2.38. The third-order valence-electron chi connectivity index (χ3n) is 1.96. The summed E-state index contributed by atoms with van der Waals surface area (Å²) < 4.78 is 0. The minimum Gasteiger partial charge on any atom is -0.481 e. The van der Waals surface area contributed by atoms with Crippen LogP contribution in [0.3, 0.4) is 0 Å². The molecule has 0 bridgehead atoms. The molecule has 0 heterocycles. The van der Waals surface area contributed by atoms with Crippen LogP contribution in [0.25, 0.3) is 0 Å². The number of carboxylic acid groups (broad SMARTS) is 1. The van der Waals surface area contributed by atoms with E-state index >= 15 is 0 Å². The average Bonchev–Trinajstić information content (AvgIpc) is 2.18. The molecule has 5 nitrogen and oxygen atoms in total. The van der Waals surface area contributed by atoms with Crippen LogP contribution >= 0.6 is 0 Å². The number of hydrogen-bond donors (Lipinski definition) is 3. The standard InChI is InChI=1S/C10H18N2O3/c1-3-5-11-7-9(13)12-6-8(4-2)10(14)15/h3,8,11H,1,4-7H2,2H3,(H,12,13)(H,14,15). The second kappa shape index (κ2) is 7.99. The van der Waals surface area contributed by atoms with E-state index in [0.29, 0.717) is 13.0 Å². The van der Waals surface area contributed by atoms with Gasteiger partial charge < -0.3 is 15.7 Å². The number of nitrogens with one attached hydrogen (secondary N) is 2. The van der Waals surface area contributed by atoms with Gasteiger partial charge >= 0.3 is 5.97 Å². The fourth-order valence-corrected chi connectivity index (χ4v) is 0.994. The van der Waals surface area contributed by atoms with Crippen molar-refractivity contribution in [2.45, 2.75) is 13.3 Å². The Hall–Kier alpha value is -1.36. The van der Waals surface area contributed by atoms with Crippen molar-refractivity contribution in [2.75, 3.05) is 19.6 Å². The second-order valence-corrected chi connectivity index (χ2v) is 3.17. The highest BCUT2D eigenvalue weighted by Gasteiger charge is 2.15. The SMILES string of the molecule is C=CCNCC(=O)NCC(CC)C(=O)O. The van der Waals surface area contributed by atoms with Gasteiger partial charge in [-0.15, -0.1) is 6.58 Å². The summed E-state index contributed by atoms with van der Waals surface area (Å²) in [6.45, 7) is 6.20. The van der Waals surface area contributed by atoms with Crippen molar-refractivity contribution in [1.29, 1.82) is 0 Å². The molecule has 0 fully saturated rings. The van der Waals surface area contributed by atoms with Crippen LogP contribution in [0.1, 0.15) is 13.3 Å². The largest absolute Gasteiger partial charge is 0.481 e. The molecule has 15 heavy (non-hydrogen) atoms. The molecule has 0 spiro atoms. The van der Waals surface area contributed by atoms with Gasteiger partial charge in [0.15, 0.2) is 0 Å². The number of rotatable bonds is 8. The first-order valence-electron chi connectivity index (χ1n) is 4.92. The first-order chi connectivity index (χ1) is 7.11. The number of carboxylic acids is 1. The predicted molar refractivity (Wildman–Crippen MR) is 57.5 cm³/mol. The summed E-state index contributed by atoms with van der Waals surface area (Å²) in [5, 5.41) is 14.1. The summed E-state index contributed by atoms with van der Waals surface area (Å²) in [7, 11) is 0. The molecule has 0 aliphatic carbocycles. The summed E-state index contributed by atoms with van der Waals surface area (Å²) in [6.07, 6.45) is 2.16. The van der Waals surface area contributed by atoms with Gasteiger partial charge in [0.05, 0.1) is 12.5 Å². The molecule has 1 amide bonds. The number of hydrogen-bond acceptors (Lipinski definition) is 3. The van der Waals surface area contributed by atoms with E-state index in [-0.39, 0.29) is 19.0 Å². The van der Waals surface area contributed by atoms with Gasteiger partial charge in [0.1, 0.15) is 0 Å². The van der Waals surface area contributed by atoms with E-state index in [1.165, 1.54) is 0 Å². The van der Waals surface area contributed by atoms with Crippen molar-refractivity contribution in [3.8, 4) is 0 Å². The number of carbonyl (C=O) groups is 2. The third-order valence-corrected chi connectivity index (χ3v) is 1.96. The van der Waals surface area contributed by atoms with Crippen LogP contribution in [-0.4, -0.2) is 36.6 Å². The zero-order chi connectivity index (χ0) is 11.7. The Bertz CT molecular complexity index is 229. The van der Waals surface area contributed by atoms with Gasteiger partial charge in [0.2, 0.25) is 5.91 Å². The predicted octanol–water partition coefficient (Wildman–Crippen LogP) is -0.0110. The molecule has 1 unspecified atom stereocenters. The van der Waals surface area contributed by atoms with Gasteiger partial charge in [-0.3, -0.25) is 9.59 Å². The van der Waals surface area contributed by atoms with Crippen molar-refractivity contribution < 1.29 is 14.7 Å². The maximum Gasteiger partial charge on any atom is 0.308 e. The first kappa shape index (κ1) is 13.6. The molecule has 5 heteroatoms. The van der Waals surface area contributed by atoms with Crippen molar-refractivity contribution in [1.82, 2.24) is 10.6 Å². The Morgan fingerprint density at radius 3 is 2.67 bits per heavy atom. The summed E-state index contributed by atoms with van der Waals surface area (Å²) in [6, 6.07) is 0. The van der Waals surface area contributed by atoms with E-state index in [4.69, 9.17) is 5.11 Å². The zero-order valence-electron chi connectivity index (χ0n) is 8.95. The highest BCUT2D eigenvalue weighted by molar-refractivity contribution is 5.79. The fourth-order valence-electron chi connectivity index (χ4n) is 0.994. The van der Waals surface area contributed by atoms with Gasteiger partial charge in [-0.2, -0.15) is 0 Å². The Labute approximate surface area is 89.6 Å². The molecule has 0 aromatic heterocycles. The van der Waals surface area contributed by atoms with Crippen LogP contribution in [0.5, 0.6) is 0 Å². The molecule has 0 aromatic carbocycles. The molecule has 0 aliphatic heterocycles. The van der Waals surface area contributed by atoms with Gasteiger partial charge in [-0.1, -0.05) is 13.0 Å². The molecule has 1 atom stereocenters. The quantitative estimate of drug-likeness (QED) is 0.392. The molecule has 0 radical (unpaired) electrons. The van der Waals surface area contributed by atoms with Crippen LogP contribution in [0.2, 0.25) is 0 Å². The highest BCUT2D eigenvalue weighted by atomic mass is 16.4. The third kappa shape index (κ3) is 6.68. The second-order valence-electron chi connectivity index (χ2n) is 3.17. The van der Waals surface area contributed by atoms with Crippen LogP contribution < -0.4 is 10.6 Å². The lowest BCUT2D eigenvalue weighted by atomic mass is 10.1. The molecule has 0 rings (SSSR count). The maximum atomic E-state index is 11.2. The molecular weight excluding hydrogens is 196 g/mol. The topological polar surface area (TPSA) is 78.4 Å². The molecule has 0 aromatic rings. The summed E-state index contributed by atoms with van der Waals surface area (Å²) in [5.74, 6) is -1.58. The normalized spacial score (nSPS) is 11.8. The fraction of sp³-hybridized carbons (Fsp3) is 0.600. The van der Waals surface area contributed by atoms with Crippen molar-refractivity contribution in [3.63, 3.8) is 0 Å². The monoisotopic (exact) mass is 214 g/mol. The van der Waals surface area contributed by atoms with Crippen molar-refractivity contribution in [2.24, 2.45) is 5.92 Å². The first-order valence-corrected chi connectivity index (χ1v) is 4.92. The Balaban J connectivity index is 3.68. The number of aliphatic carboxylic acids is 1.